The molecule has 1 saturated heterocycles. The summed E-state index contributed by atoms with van der Waals surface area (Å²) < 4.78 is 10.7. The van der Waals surface area contributed by atoms with Gasteiger partial charge in [-0.2, -0.15) is 11.8 Å². The molecule has 2 aromatic rings. The standard InChI is InChI=1S/C21H26N2O3S.ClH/c1-25-18-7-3-5-15(11-18)21(16-6-4-8-19(12-16)26-2)23-20(24)13-17-14-27-10-9-22-17;/h3-8,11-12,17,21-22H,9-10,13-14H2,1-2H3,(H,23,24);1H. The molecule has 3 rings (SSSR count). The van der Waals surface area contributed by atoms with Crippen LogP contribution in [0, 0.1) is 0 Å². The van der Waals surface area contributed by atoms with E-state index in [1.165, 1.54) is 0 Å². The van der Waals surface area contributed by atoms with Gasteiger partial charge in [0.05, 0.1) is 20.3 Å². The molecule has 1 amide bonds. The van der Waals surface area contributed by atoms with Gasteiger partial charge in [0.15, 0.2) is 0 Å². The lowest BCUT2D eigenvalue weighted by atomic mass is 9.97. The number of nitrogens with one attached hydrogen (secondary N) is 2. The number of benzene rings is 2. The smallest absolute Gasteiger partial charge is 0.222 e. The molecule has 28 heavy (non-hydrogen) atoms. The van der Waals surface area contributed by atoms with Gasteiger partial charge in [0.25, 0.3) is 0 Å². The first-order valence-electron chi connectivity index (χ1n) is 9.08. The van der Waals surface area contributed by atoms with E-state index in [4.69, 9.17) is 9.47 Å². The van der Waals surface area contributed by atoms with Crippen molar-refractivity contribution in [2.45, 2.75) is 18.5 Å². The summed E-state index contributed by atoms with van der Waals surface area (Å²) >= 11 is 1.89. The van der Waals surface area contributed by atoms with Crippen LogP contribution >= 0.6 is 24.2 Å². The third-order valence-corrected chi connectivity index (χ3v) is 5.72. The van der Waals surface area contributed by atoms with E-state index in [-0.39, 0.29) is 30.4 Å². The van der Waals surface area contributed by atoms with Gasteiger partial charge in [0.2, 0.25) is 5.91 Å². The lowest BCUT2D eigenvalue weighted by molar-refractivity contribution is -0.122. The van der Waals surface area contributed by atoms with E-state index in [9.17, 15) is 4.79 Å². The maximum absolute atomic E-state index is 12.8. The van der Waals surface area contributed by atoms with Crippen molar-refractivity contribution in [3.05, 3.63) is 59.7 Å². The average Bonchev–Trinajstić information content (AvgIpc) is 2.73. The molecule has 0 bridgehead atoms. The molecule has 1 aliphatic heterocycles. The fourth-order valence-corrected chi connectivity index (χ4v) is 4.14. The Morgan fingerprint density at radius 3 is 2.25 bits per heavy atom. The maximum Gasteiger partial charge on any atom is 0.222 e. The van der Waals surface area contributed by atoms with E-state index in [2.05, 4.69) is 10.6 Å². The highest BCUT2D eigenvalue weighted by Crippen LogP contribution is 2.28. The number of rotatable bonds is 7. The topological polar surface area (TPSA) is 59.6 Å². The van der Waals surface area contributed by atoms with Crippen LogP contribution in [0.4, 0.5) is 0 Å². The third kappa shape index (κ3) is 6.06. The van der Waals surface area contributed by atoms with Crippen molar-refractivity contribution < 1.29 is 14.3 Å². The first-order valence-corrected chi connectivity index (χ1v) is 10.2. The summed E-state index contributed by atoms with van der Waals surface area (Å²) in [5, 5.41) is 6.62. The van der Waals surface area contributed by atoms with Crippen LogP contribution in [0.2, 0.25) is 0 Å². The largest absolute Gasteiger partial charge is 0.497 e. The van der Waals surface area contributed by atoms with Crippen LogP contribution in [0.5, 0.6) is 11.5 Å². The predicted molar refractivity (Wildman–Crippen MR) is 117 cm³/mol. The van der Waals surface area contributed by atoms with Gasteiger partial charge in [0, 0.05) is 30.5 Å². The zero-order valence-corrected chi connectivity index (χ0v) is 17.8. The second-order valence-electron chi connectivity index (χ2n) is 6.48. The molecule has 2 aromatic carbocycles. The molecule has 0 aliphatic carbocycles. The SMILES string of the molecule is COc1cccc(C(NC(=O)CC2CSCCN2)c2cccc(OC)c2)c1.Cl. The molecule has 7 heteroatoms. The Labute approximate surface area is 177 Å². The average molecular weight is 423 g/mol. The van der Waals surface area contributed by atoms with Gasteiger partial charge in [-0.05, 0) is 35.4 Å². The molecule has 1 unspecified atom stereocenters. The van der Waals surface area contributed by atoms with E-state index >= 15 is 0 Å². The third-order valence-electron chi connectivity index (χ3n) is 4.59. The molecule has 1 fully saturated rings. The fraction of sp³-hybridized carbons (Fsp3) is 0.381. The molecule has 0 radical (unpaired) electrons. The monoisotopic (exact) mass is 422 g/mol. The highest BCUT2D eigenvalue weighted by Gasteiger charge is 2.22. The molecule has 0 aromatic heterocycles. The molecular formula is C21H27ClN2O3S. The van der Waals surface area contributed by atoms with E-state index in [0.29, 0.717) is 6.42 Å². The van der Waals surface area contributed by atoms with Gasteiger partial charge in [-0.25, -0.2) is 0 Å². The van der Waals surface area contributed by atoms with E-state index < -0.39 is 0 Å². The quantitative estimate of drug-likeness (QED) is 0.715. The minimum Gasteiger partial charge on any atom is -0.497 e. The van der Waals surface area contributed by atoms with Gasteiger partial charge in [-0.1, -0.05) is 24.3 Å². The van der Waals surface area contributed by atoms with E-state index in [1.807, 2.05) is 60.3 Å². The second-order valence-corrected chi connectivity index (χ2v) is 7.63. The van der Waals surface area contributed by atoms with E-state index in [0.717, 1.165) is 40.7 Å². The Morgan fingerprint density at radius 2 is 1.75 bits per heavy atom. The van der Waals surface area contributed by atoms with Crippen molar-refractivity contribution in [1.29, 1.82) is 0 Å². The lowest BCUT2D eigenvalue weighted by Crippen LogP contribution is -2.42. The highest BCUT2D eigenvalue weighted by atomic mass is 35.5. The summed E-state index contributed by atoms with van der Waals surface area (Å²) in [7, 11) is 3.29. The minimum atomic E-state index is -0.265. The van der Waals surface area contributed by atoms with Crippen LogP contribution < -0.4 is 20.1 Å². The number of hydrogen-bond donors (Lipinski definition) is 2. The van der Waals surface area contributed by atoms with Crippen LogP contribution in [-0.4, -0.2) is 44.2 Å². The summed E-state index contributed by atoms with van der Waals surface area (Å²) in [6.07, 6.45) is 0.470. The Bertz CT molecular complexity index is 721. The van der Waals surface area contributed by atoms with Crippen LogP contribution in [0.25, 0.3) is 0 Å². The minimum absolute atomic E-state index is 0. The predicted octanol–water partition coefficient (Wildman–Crippen LogP) is 3.43. The van der Waals surface area contributed by atoms with Crippen molar-refractivity contribution in [3.8, 4) is 11.5 Å². The summed E-state index contributed by atoms with van der Waals surface area (Å²) in [5.74, 6) is 3.63. The molecule has 1 atom stereocenters. The van der Waals surface area contributed by atoms with Crippen LogP contribution in [-0.2, 0) is 4.79 Å². The van der Waals surface area contributed by atoms with Crippen LogP contribution in [0.15, 0.2) is 48.5 Å². The first kappa shape index (κ1) is 22.4. The summed E-state index contributed by atoms with van der Waals surface area (Å²) in [6.45, 7) is 0.956. The molecule has 0 saturated carbocycles. The summed E-state index contributed by atoms with van der Waals surface area (Å²) in [4.78, 5) is 12.8. The molecule has 5 nitrogen and oxygen atoms in total. The van der Waals surface area contributed by atoms with Gasteiger partial charge in [-0.15, -0.1) is 12.4 Å². The van der Waals surface area contributed by atoms with Gasteiger partial charge in [0.1, 0.15) is 11.5 Å². The fourth-order valence-electron chi connectivity index (χ4n) is 3.20. The normalized spacial score (nSPS) is 16.2. The Morgan fingerprint density at radius 1 is 1.14 bits per heavy atom. The molecule has 1 heterocycles. The van der Waals surface area contributed by atoms with Gasteiger partial charge >= 0.3 is 0 Å². The van der Waals surface area contributed by atoms with Crippen LogP contribution in [0.1, 0.15) is 23.6 Å². The number of carbonyl (C=O) groups is 1. The number of methoxy groups -OCH3 is 2. The van der Waals surface area contributed by atoms with Crippen molar-refractivity contribution in [3.63, 3.8) is 0 Å². The molecule has 1 aliphatic rings. The zero-order chi connectivity index (χ0) is 19.1. The second kappa shape index (κ2) is 11.2. The number of ether oxygens (including phenoxy) is 2. The highest BCUT2D eigenvalue weighted by molar-refractivity contribution is 7.99. The lowest BCUT2D eigenvalue weighted by Gasteiger charge is -2.25. The Balaban J connectivity index is 0.00000280. The molecular weight excluding hydrogens is 396 g/mol. The number of thioether (sulfide) groups is 1. The van der Waals surface area contributed by atoms with Crippen molar-refractivity contribution in [1.82, 2.24) is 10.6 Å². The van der Waals surface area contributed by atoms with E-state index in [1.54, 1.807) is 14.2 Å². The number of amides is 1. The van der Waals surface area contributed by atoms with Crippen molar-refractivity contribution in [2.75, 3.05) is 32.3 Å². The van der Waals surface area contributed by atoms with Crippen molar-refractivity contribution >= 4 is 30.1 Å². The summed E-state index contributed by atoms with van der Waals surface area (Å²) in [6, 6.07) is 15.6. The maximum atomic E-state index is 12.8. The number of hydrogen-bond acceptors (Lipinski definition) is 5. The Hall–Kier alpha value is -1.89. The van der Waals surface area contributed by atoms with Crippen LogP contribution in [0.3, 0.4) is 0 Å². The molecule has 2 N–H and O–H groups in total. The van der Waals surface area contributed by atoms with Gasteiger partial charge in [-0.3, -0.25) is 4.79 Å². The number of halogens is 1. The molecule has 0 spiro atoms. The van der Waals surface area contributed by atoms with Crippen molar-refractivity contribution in [2.24, 2.45) is 0 Å². The first-order chi connectivity index (χ1) is 13.2. The number of carbonyl (C=O) groups excluding carboxylic acids is 1. The zero-order valence-electron chi connectivity index (χ0n) is 16.1. The van der Waals surface area contributed by atoms with Gasteiger partial charge < -0.3 is 20.1 Å². The molecule has 152 valence electrons. The Kier molecular flexibility index (Phi) is 8.96. The summed E-state index contributed by atoms with van der Waals surface area (Å²) in [5.41, 5.74) is 1.95.